The van der Waals surface area contributed by atoms with Crippen molar-refractivity contribution < 1.29 is 17.6 Å². The molecular weight excluding hydrogens is 384 g/mol. The van der Waals surface area contributed by atoms with Crippen molar-refractivity contribution in [3.05, 3.63) is 54.0 Å². The van der Waals surface area contributed by atoms with Gasteiger partial charge in [0.25, 0.3) is 0 Å². The molecule has 6 nitrogen and oxygen atoms in total. The Morgan fingerprint density at radius 3 is 2.67 bits per heavy atom. The highest BCUT2D eigenvalue weighted by Gasteiger charge is 2.25. The summed E-state index contributed by atoms with van der Waals surface area (Å²) in [6.45, 7) is 0.216. The van der Waals surface area contributed by atoms with Gasteiger partial charge in [0.05, 0.1) is 18.2 Å². The van der Waals surface area contributed by atoms with Gasteiger partial charge in [-0.15, -0.1) is 11.3 Å². The van der Waals surface area contributed by atoms with Crippen molar-refractivity contribution >= 4 is 21.4 Å². The van der Waals surface area contributed by atoms with Crippen LogP contribution in [-0.4, -0.2) is 20.5 Å². The molecule has 1 saturated carbocycles. The van der Waals surface area contributed by atoms with Crippen LogP contribution in [0.1, 0.15) is 36.6 Å². The number of hydrogen-bond acceptors (Lipinski definition) is 6. The van der Waals surface area contributed by atoms with Crippen LogP contribution in [0.3, 0.4) is 0 Å². The molecule has 8 heteroatoms. The Hall–Kier alpha value is -2.16. The van der Waals surface area contributed by atoms with Crippen molar-refractivity contribution in [3.63, 3.8) is 0 Å². The Kier molecular flexibility index (Phi) is 5.03. The largest absolute Gasteiger partial charge is 0.497 e. The van der Waals surface area contributed by atoms with E-state index in [2.05, 4.69) is 9.71 Å². The molecule has 0 aliphatic heterocycles. The molecule has 1 aliphatic carbocycles. The SMILES string of the molecule is COc1ccc(CNS(=O)(=O)c2ccc(-c3cnc(C4CCC4)o3)s2)cc1. The van der Waals surface area contributed by atoms with Gasteiger partial charge in [0.1, 0.15) is 9.96 Å². The lowest BCUT2D eigenvalue weighted by Gasteiger charge is -2.21. The second-order valence-electron chi connectivity index (χ2n) is 6.48. The van der Waals surface area contributed by atoms with Gasteiger partial charge in [-0.3, -0.25) is 0 Å². The van der Waals surface area contributed by atoms with Crippen molar-refractivity contribution in [3.8, 4) is 16.4 Å². The molecule has 142 valence electrons. The summed E-state index contributed by atoms with van der Waals surface area (Å²) < 4.78 is 39.0. The molecule has 1 N–H and O–H groups in total. The first-order valence-electron chi connectivity index (χ1n) is 8.74. The summed E-state index contributed by atoms with van der Waals surface area (Å²) in [6, 6.07) is 10.6. The first-order chi connectivity index (χ1) is 13.0. The van der Waals surface area contributed by atoms with Crippen LogP contribution in [0.5, 0.6) is 5.75 Å². The Morgan fingerprint density at radius 1 is 1.22 bits per heavy atom. The number of ether oxygens (including phenoxy) is 1. The van der Waals surface area contributed by atoms with Gasteiger partial charge < -0.3 is 9.15 Å². The fraction of sp³-hybridized carbons (Fsp3) is 0.316. The molecule has 0 amide bonds. The monoisotopic (exact) mass is 404 g/mol. The summed E-state index contributed by atoms with van der Waals surface area (Å²) >= 11 is 1.18. The quantitative estimate of drug-likeness (QED) is 0.639. The van der Waals surface area contributed by atoms with Crippen molar-refractivity contribution in [1.29, 1.82) is 0 Å². The van der Waals surface area contributed by atoms with Crippen LogP contribution >= 0.6 is 11.3 Å². The summed E-state index contributed by atoms with van der Waals surface area (Å²) in [5.74, 6) is 2.52. The van der Waals surface area contributed by atoms with Crippen molar-refractivity contribution in [2.45, 2.75) is 35.9 Å². The van der Waals surface area contributed by atoms with Gasteiger partial charge in [0.15, 0.2) is 11.7 Å². The van der Waals surface area contributed by atoms with Gasteiger partial charge in [-0.2, -0.15) is 0 Å². The Morgan fingerprint density at radius 2 is 2.00 bits per heavy atom. The third kappa shape index (κ3) is 3.92. The number of rotatable bonds is 7. The number of nitrogens with one attached hydrogen (secondary N) is 1. The predicted octanol–water partition coefficient (Wildman–Crippen LogP) is 4.16. The maximum atomic E-state index is 12.6. The zero-order valence-electron chi connectivity index (χ0n) is 14.8. The topological polar surface area (TPSA) is 81.4 Å². The Balaban J connectivity index is 1.45. The van der Waals surface area contributed by atoms with Crippen LogP contribution in [0, 0.1) is 0 Å². The first-order valence-corrected chi connectivity index (χ1v) is 11.0. The fourth-order valence-corrected chi connectivity index (χ4v) is 5.15. The van der Waals surface area contributed by atoms with E-state index in [1.165, 1.54) is 17.8 Å². The molecule has 0 spiro atoms. The number of aromatic nitrogens is 1. The van der Waals surface area contributed by atoms with E-state index >= 15 is 0 Å². The van der Waals surface area contributed by atoms with Crippen LogP contribution in [-0.2, 0) is 16.6 Å². The minimum Gasteiger partial charge on any atom is -0.497 e. The van der Waals surface area contributed by atoms with E-state index in [0.717, 1.165) is 34.9 Å². The third-order valence-corrected chi connectivity index (χ3v) is 7.69. The van der Waals surface area contributed by atoms with Crippen LogP contribution in [0.15, 0.2) is 51.2 Å². The first kappa shape index (κ1) is 18.2. The number of hydrogen-bond donors (Lipinski definition) is 1. The lowest BCUT2D eigenvalue weighted by atomic mass is 9.85. The van der Waals surface area contributed by atoms with E-state index < -0.39 is 10.0 Å². The molecule has 1 aromatic carbocycles. The summed E-state index contributed by atoms with van der Waals surface area (Å²) in [4.78, 5) is 5.10. The number of thiophene rings is 1. The van der Waals surface area contributed by atoms with Gasteiger partial charge in [-0.05, 0) is 42.7 Å². The molecule has 2 aromatic heterocycles. The number of benzene rings is 1. The van der Waals surface area contributed by atoms with Gasteiger partial charge in [0, 0.05) is 12.5 Å². The Bertz CT molecular complexity index is 1020. The minimum absolute atomic E-state index is 0.216. The molecule has 27 heavy (non-hydrogen) atoms. The van der Waals surface area contributed by atoms with Gasteiger partial charge in [0.2, 0.25) is 10.0 Å². The van der Waals surface area contributed by atoms with Crippen LogP contribution < -0.4 is 9.46 Å². The van der Waals surface area contributed by atoms with Gasteiger partial charge in [-0.25, -0.2) is 18.1 Å². The third-order valence-electron chi connectivity index (χ3n) is 4.69. The maximum Gasteiger partial charge on any atom is 0.250 e. The van der Waals surface area contributed by atoms with Crippen molar-refractivity contribution in [1.82, 2.24) is 9.71 Å². The highest BCUT2D eigenvalue weighted by atomic mass is 32.2. The maximum absolute atomic E-state index is 12.6. The lowest BCUT2D eigenvalue weighted by molar-refractivity contribution is 0.338. The average molecular weight is 405 g/mol. The standard InChI is InChI=1S/C19H20N2O4S2/c1-24-15-7-5-13(6-8-15)11-21-27(22,23)18-10-9-17(26-18)16-12-20-19(25-16)14-3-2-4-14/h5-10,12,14,21H,2-4,11H2,1H3. The second kappa shape index (κ2) is 7.46. The van der Waals surface area contributed by atoms with Crippen LogP contribution in [0.4, 0.5) is 0 Å². The molecule has 0 bridgehead atoms. The Labute approximate surface area is 162 Å². The van der Waals surface area contributed by atoms with E-state index in [1.807, 2.05) is 12.1 Å². The van der Waals surface area contributed by atoms with Crippen molar-refractivity contribution in [2.24, 2.45) is 0 Å². The minimum atomic E-state index is -3.59. The van der Waals surface area contributed by atoms with E-state index in [1.54, 1.807) is 37.6 Å². The van der Waals surface area contributed by atoms with Gasteiger partial charge >= 0.3 is 0 Å². The molecule has 0 atom stereocenters. The van der Waals surface area contributed by atoms with Gasteiger partial charge in [-0.1, -0.05) is 18.6 Å². The molecule has 1 fully saturated rings. The molecule has 4 rings (SSSR count). The average Bonchev–Trinajstić information content (AvgIpc) is 3.29. The number of oxazole rings is 1. The molecular formula is C19H20N2O4S2. The number of methoxy groups -OCH3 is 1. The molecule has 1 aliphatic rings. The molecule has 0 unspecified atom stereocenters. The predicted molar refractivity (Wildman–Crippen MR) is 103 cm³/mol. The number of nitrogens with zero attached hydrogens (tertiary/aromatic N) is 1. The zero-order chi connectivity index (χ0) is 18.9. The fourth-order valence-electron chi connectivity index (χ4n) is 2.84. The van der Waals surface area contributed by atoms with Crippen LogP contribution in [0.2, 0.25) is 0 Å². The molecule has 0 radical (unpaired) electrons. The lowest BCUT2D eigenvalue weighted by Crippen LogP contribution is -2.22. The number of sulfonamides is 1. The highest BCUT2D eigenvalue weighted by molar-refractivity contribution is 7.91. The van der Waals surface area contributed by atoms with E-state index in [9.17, 15) is 8.42 Å². The summed E-state index contributed by atoms with van der Waals surface area (Å²) in [5, 5.41) is 0. The smallest absolute Gasteiger partial charge is 0.250 e. The van der Waals surface area contributed by atoms with E-state index in [0.29, 0.717) is 11.7 Å². The summed E-state index contributed by atoms with van der Waals surface area (Å²) in [7, 11) is -2.00. The zero-order valence-corrected chi connectivity index (χ0v) is 16.5. The highest BCUT2D eigenvalue weighted by Crippen LogP contribution is 2.38. The molecule has 3 aromatic rings. The summed E-state index contributed by atoms with van der Waals surface area (Å²) in [6.07, 6.45) is 5.11. The molecule has 2 heterocycles. The summed E-state index contributed by atoms with van der Waals surface area (Å²) in [5.41, 5.74) is 0.858. The second-order valence-corrected chi connectivity index (χ2v) is 9.56. The normalized spacial score (nSPS) is 14.9. The van der Waals surface area contributed by atoms with Crippen LogP contribution in [0.25, 0.3) is 10.6 Å². The molecule has 0 saturated heterocycles. The van der Waals surface area contributed by atoms with Crippen molar-refractivity contribution in [2.75, 3.05) is 7.11 Å². The van der Waals surface area contributed by atoms with E-state index in [-0.39, 0.29) is 10.8 Å². The van der Waals surface area contributed by atoms with E-state index in [4.69, 9.17) is 9.15 Å².